The molecular formula is C43H72O5. The van der Waals surface area contributed by atoms with Crippen molar-refractivity contribution in [3.8, 4) is 0 Å². The Labute approximate surface area is 294 Å². The van der Waals surface area contributed by atoms with E-state index in [1.807, 2.05) is 6.08 Å². The van der Waals surface area contributed by atoms with Gasteiger partial charge in [0.25, 0.3) is 0 Å². The van der Waals surface area contributed by atoms with Gasteiger partial charge in [-0.1, -0.05) is 129 Å². The molecule has 5 nitrogen and oxygen atoms in total. The van der Waals surface area contributed by atoms with Gasteiger partial charge in [0.15, 0.2) is 5.78 Å². The molecule has 48 heavy (non-hydrogen) atoms. The molecule has 0 heterocycles. The van der Waals surface area contributed by atoms with E-state index in [1.54, 1.807) is 0 Å². The topological polar surface area (TPSA) is 69.7 Å². The van der Waals surface area contributed by atoms with Crippen LogP contribution in [-0.4, -0.2) is 30.4 Å². The lowest BCUT2D eigenvalue weighted by Gasteiger charge is -2.58. The maximum absolute atomic E-state index is 13.0. The van der Waals surface area contributed by atoms with Crippen LogP contribution >= 0.6 is 0 Å². The van der Waals surface area contributed by atoms with Crippen LogP contribution in [0.2, 0.25) is 0 Å². The molecule has 4 rings (SSSR count). The van der Waals surface area contributed by atoms with Crippen LogP contribution in [0.5, 0.6) is 0 Å². The molecular weight excluding hydrogens is 596 g/mol. The van der Waals surface area contributed by atoms with Gasteiger partial charge in [-0.05, 0) is 81.6 Å². The molecule has 0 bridgehead atoms. The van der Waals surface area contributed by atoms with Crippen LogP contribution in [0.1, 0.15) is 201 Å². The van der Waals surface area contributed by atoms with Crippen molar-refractivity contribution >= 4 is 17.7 Å². The summed E-state index contributed by atoms with van der Waals surface area (Å²) in [5, 5.41) is 0. The number of ether oxygens (including phenoxy) is 2. The summed E-state index contributed by atoms with van der Waals surface area (Å²) in [6.07, 6.45) is 32.9. The minimum atomic E-state index is -0.197. The molecule has 0 aliphatic heterocycles. The molecule has 0 aromatic heterocycles. The van der Waals surface area contributed by atoms with Crippen molar-refractivity contribution in [1.82, 2.24) is 0 Å². The molecule has 0 N–H and O–H groups in total. The van der Waals surface area contributed by atoms with Gasteiger partial charge in [0, 0.05) is 30.1 Å². The number of hydrogen-bond acceptors (Lipinski definition) is 5. The highest BCUT2D eigenvalue weighted by molar-refractivity contribution is 5.91. The number of rotatable bonds is 23. The van der Waals surface area contributed by atoms with Gasteiger partial charge in [-0.15, -0.1) is 0 Å². The van der Waals surface area contributed by atoms with Crippen molar-refractivity contribution in [2.75, 3.05) is 6.61 Å². The van der Waals surface area contributed by atoms with Crippen LogP contribution in [-0.2, 0) is 23.9 Å². The van der Waals surface area contributed by atoms with Crippen molar-refractivity contribution in [3.05, 3.63) is 11.6 Å². The van der Waals surface area contributed by atoms with E-state index in [0.29, 0.717) is 43.6 Å². The number of unbranched alkanes of at least 4 members (excludes halogenated alkanes) is 16. The zero-order chi connectivity index (χ0) is 34.2. The summed E-state index contributed by atoms with van der Waals surface area (Å²) in [4.78, 5) is 38.6. The average molecular weight is 669 g/mol. The van der Waals surface area contributed by atoms with E-state index in [4.69, 9.17) is 9.47 Å². The summed E-state index contributed by atoms with van der Waals surface area (Å²) < 4.78 is 12.4. The third kappa shape index (κ3) is 10.7. The second-order valence-electron chi connectivity index (χ2n) is 16.6. The Balaban J connectivity index is 1.24. The van der Waals surface area contributed by atoms with Gasteiger partial charge in [-0.25, -0.2) is 0 Å². The third-order valence-electron chi connectivity index (χ3n) is 13.3. The molecule has 274 valence electrons. The molecule has 3 saturated carbocycles. The van der Waals surface area contributed by atoms with Gasteiger partial charge < -0.3 is 9.47 Å². The highest BCUT2D eigenvalue weighted by Gasteiger charge is 2.61. The highest BCUT2D eigenvalue weighted by atomic mass is 16.5. The molecule has 4 aliphatic carbocycles. The number of esters is 2. The molecule has 6 atom stereocenters. The lowest BCUT2D eigenvalue weighted by atomic mass is 9.47. The maximum atomic E-state index is 13.0. The molecule has 0 amide bonds. The van der Waals surface area contributed by atoms with Gasteiger partial charge in [0.1, 0.15) is 12.7 Å². The summed E-state index contributed by atoms with van der Waals surface area (Å²) in [5.41, 5.74) is 1.08. The summed E-state index contributed by atoms with van der Waals surface area (Å²) in [6, 6.07) is 0. The van der Waals surface area contributed by atoms with E-state index in [2.05, 4.69) is 20.8 Å². The summed E-state index contributed by atoms with van der Waals surface area (Å²) in [6.45, 7) is 7.34. The van der Waals surface area contributed by atoms with E-state index < -0.39 is 0 Å². The third-order valence-corrected chi connectivity index (χ3v) is 13.3. The quantitative estimate of drug-likeness (QED) is 0.0800. The average Bonchev–Trinajstić information content (AvgIpc) is 3.41. The van der Waals surface area contributed by atoms with Crippen LogP contribution in [0.3, 0.4) is 0 Å². The molecule has 0 spiro atoms. The maximum Gasteiger partial charge on any atom is 0.306 e. The number of fused-ring (bicyclic) bond motifs is 5. The lowest BCUT2D eigenvalue weighted by molar-refractivity contribution is -0.162. The number of carbonyl (C=O) groups is 3. The fourth-order valence-corrected chi connectivity index (χ4v) is 10.4. The van der Waals surface area contributed by atoms with Crippen molar-refractivity contribution in [2.24, 2.45) is 28.6 Å². The monoisotopic (exact) mass is 669 g/mol. The van der Waals surface area contributed by atoms with Crippen LogP contribution in [0.25, 0.3) is 0 Å². The molecule has 3 fully saturated rings. The normalized spacial score (nSPS) is 29.5. The number of carbonyl (C=O) groups excluding carboxylic acids is 3. The van der Waals surface area contributed by atoms with E-state index in [1.165, 1.54) is 95.5 Å². The van der Waals surface area contributed by atoms with Crippen molar-refractivity contribution in [1.29, 1.82) is 0 Å². The van der Waals surface area contributed by atoms with Gasteiger partial charge in [0.2, 0.25) is 0 Å². The Morgan fingerprint density at radius 3 is 1.83 bits per heavy atom. The first-order valence-electron chi connectivity index (χ1n) is 20.9. The van der Waals surface area contributed by atoms with Crippen LogP contribution in [0.4, 0.5) is 0 Å². The predicted octanol–water partition coefficient (Wildman–Crippen LogP) is 11.8. The van der Waals surface area contributed by atoms with Gasteiger partial charge >= 0.3 is 11.9 Å². The molecule has 5 heteroatoms. The zero-order valence-corrected chi connectivity index (χ0v) is 31.4. The van der Waals surface area contributed by atoms with E-state index in [9.17, 15) is 14.4 Å². The van der Waals surface area contributed by atoms with E-state index in [-0.39, 0.29) is 34.7 Å². The Kier molecular flexibility index (Phi) is 16.5. The van der Waals surface area contributed by atoms with Crippen LogP contribution < -0.4 is 0 Å². The molecule has 0 saturated heterocycles. The fourth-order valence-electron chi connectivity index (χ4n) is 10.4. The number of hydrogen-bond donors (Lipinski definition) is 0. The first-order chi connectivity index (χ1) is 23.3. The van der Waals surface area contributed by atoms with Crippen molar-refractivity contribution < 1.29 is 23.9 Å². The summed E-state index contributed by atoms with van der Waals surface area (Å²) in [7, 11) is 0. The molecule has 0 unspecified atom stereocenters. The molecule has 0 aromatic carbocycles. The summed E-state index contributed by atoms with van der Waals surface area (Å²) in [5.74, 6) is 1.66. The van der Waals surface area contributed by atoms with Gasteiger partial charge in [-0.3, -0.25) is 14.4 Å². The van der Waals surface area contributed by atoms with E-state index >= 15 is 0 Å². The first kappa shape index (κ1) is 39.1. The Hall–Kier alpha value is -1.65. The van der Waals surface area contributed by atoms with Crippen LogP contribution in [0.15, 0.2) is 11.6 Å². The standard InChI is InChI=1S/C43H72O5/c1-4-6-8-10-12-14-16-18-20-22-40(45)47-33-43-31-28-35(44)32-34(43)24-25-36-37-26-27-39(42(37,3)30-29-38(36)43)48-41(46)23-21-19-17-15-13-11-9-7-5-2/h32,36-39H,4-31,33H2,1-3H3/t36-,37-,38-,39-,42-,43+/m0/s1. The van der Waals surface area contributed by atoms with E-state index in [0.717, 1.165) is 70.6 Å². The second-order valence-corrected chi connectivity index (χ2v) is 16.6. The van der Waals surface area contributed by atoms with Crippen molar-refractivity contribution in [2.45, 2.75) is 207 Å². The second kappa shape index (κ2) is 20.3. The fraction of sp³-hybridized carbons (Fsp3) is 0.884. The zero-order valence-electron chi connectivity index (χ0n) is 31.4. The molecule has 0 aromatic rings. The Bertz CT molecular complexity index is 1030. The molecule has 0 radical (unpaired) electrons. The number of ketones is 1. The largest absolute Gasteiger partial charge is 0.465 e. The predicted molar refractivity (Wildman–Crippen MR) is 196 cm³/mol. The van der Waals surface area contributed by atoms with Crippen LogP contribution in [0, 0.1) is 28.6 Å². The van der Waals surface area contributed by atoms with Crippen molar-refractivity contribution in [3.63, 3.8) is 0 Å². The summed E-state index contributed by atoms with van der Waals surface area (Å²) >= 11 is 0. The highest BCUT2D eigenvalue weighted by Crippen LogP contribution is 2.65. The molecule has 4 aliphatic rings. The Morgan fingerprint density at radius 2 is 1.23 bits per heavy atom. The minimum absolute atomic E-state index is 0.00181. The minimum Gasteiger partial charge on any atom is -0.465 e. The smallest absolute Gasteiger partial charge is 0.306 e. The lowest BCUT2D eigenvalue weighted by Crippen LogP contribution is -2.54. The first-order valence-corrected chi connectivity index (χ1v) is 20.9. The van der Waals surface area contributed by atoms with Gasteiger partial charge in [-0.2, -0.15) is 0 Å². The van der Waals surface area contributed by atoms with Gasteiger partial charge in [0.05, 0.1) is 0 Å². The Morgan fingerprint density at radius 1 is 0.667 bits per heavy atom. The SMILES string of the molecule is CCCCCCCCCCCC(=O)OC[C@]12CCC(=O)C=C1CC[C@@H]1[C@@H]2CC[C@]2(C)[C@@H](OC(=O)CCCCCCCCCCC)CC[C@@H]12.